The molecule has 2 unspecified atom stereocenters. The van der Waals surface area contributed by atoms with E-state index in [-0.39, 0.29) is 11.3 Å². The van der Waals surface area contributed by atoms with Crippen LogP contribution in [0.1, 0.15) is 0 Å². The van der Waals surface area contributed by atoms with Crippen LogP contribution in [0.5, 0.6) is 0 Å². The molecule has 2 heterocycles. The minimum Gasteiger partial charge on any atom is -0.366 e. The fraction of sp³-hybridized carbons (Fsp3) is 0.250. The number of thioether (sulfide) groups is 1. The van der Waals surface area contributed by atoms with Crippen molar-refractivity contribution in [3.63, 3.8) is 0 Å². The van der Waals surface area contributed by atoms with Crippen molar-refractivity contribution in [2.45, 2.75) is 5.37 Å². The predicted molar refractivity (Wildman–Crippen MR) is 49.8 cm³/mol. The van der Waals surface area contributed by atoms with Crippen LogP contribution in [-0.4, -0.2) is 17.5 Å². The summed E-state index contributed by atoms with van der Waals surface area (Å²) in [7, 11) is 0. The molecule has 0 bridgehead atoms. The molecule has 4 heteroatoms. The molecule has 0 aromatic heterocycles. The summed E-state index contributed by atoms with van der Waals surface area (Å²) in [6.07, 6.45) is 5.47. The van der Waals surface area contributed by atoms with Crippen molar-refractivity contribution in [1.82, 2.24) is 0 Å². The van der Waals surface area contributed by atoms with Crippen molar-refractivity contribution in [3.8, 4) is 0 Å². The van der Waals surface area contributed by atoms with Crippen molar-refractivity contribution < 1.29 is 4.79 Å². The molecular formula is C8H8N2OS. The average Bonchev–Trinajstić information content (AvgIpc) is 2.49. The Kier molecular flexibility index (Phi) is 1.77. The second-order valence-corrected chi connectivity index (χ2v) is 3.72. The van der Waals surface area contributed by atoms with E-state index in [1.807, 2.05) is 17.6 Å². The number of nitrogens with two attached hydrogens (primary N) is 1. The first-order chi connectivity index (χ1) is 5.77. The van der Waals surface area contributed by atoms with Gasteiger partial charge in [0.1, 0.15) is 5.37 Å². The number of carbonyl (C=O) groups excluding carboxylic acids is 1. The molecule has 2 atom stereocenters. The summed E-state index contributed by atoms with van der Waals surface area (Å²) in [6, 6.07) is 0. The summed E-state index contributed by atoms with van der Waals surface area (Å²) in [5.74, 6) is -0.148. The van der Waals surface area contributed by atoms with Gasteiger partial charge in [-0.05, 0) is 5.41 Å². The highest BCUT2D eigenvalue weighted by Crippen LogP contribution is 2.33. The second kappa shape index (κ2) is 2.79. The minimum atomic E-state index is -0.400. The molecule has 0 aromatic rings. The van der Waals surface area contributed by atoms with Gasteiger partial charge >= 0.3 is 0 Å². The monoisotopic (exact) mass is 180 g/mol. The predicted octanol–water partition coefficient (Wildman–Crippen LogP) is 0.685. The molecule has 0 spiro atoms. The number of amides is 1. The second-order valence-electron chi connectivity index (χ2n) is 2.70. The molecule has 2 rings (SSSR count). The summed E-state index contributed by atoms with van der Waals surface area (Å²) in [5.41, 5.74) is 5.64. The molecule has 0 aliphatic carbocycles. The number of dihydropyridines is 1. The lowest BCUT2D eigenvalue weighted by Gasteiger charge is -2.15. The quantitative estimate of drug-likeness (QED) is 0.645. The Balaban J connectivity index is 2.25. The Bertz CT molecular complexity index is 306. The molecule has 0 aromatic carbocycles. The molecule has 3 nitrogen and oxygen atoms in total. The van der Waals surface area contributed by atoms with Gasteiger partial charge in [0.15, 0.2) is 0 Å². The molecule has 2 N–H and O–H groups in total. The van der Waals surface area contributed by atoms with Crippen LogP contribution in [0.3, 0.4) is 0 Å². The van der Waals surface area contributed by atoms with Crippen LogP contribution in [0.25, 0.3) is 0 Å². The van der Waals surface area contributed by atoms with E-state index in [9.17, 15) is 4.79 Å². The highest BCUT2D eigenvalue weighted by molar-refractivity contribution is 8.03. The number of nitrogens with zero attached hydrogens (tertiary/aromatic N) is 1. The third-order valence-electron chi connectivity index (χ3n) is 1.87. The molecule has 2 aliphatic heterocycles. The third-order valence-corrected chi connectivity index (χ3v) is 2.89. The van der Waals surface area contributed by atoms with Gasteiger partial charge < -0.3 is 5.73 Å². The molecule has 1 amide bonds. The van der Waals surface area contributed by atoms with Crippen molar-refractivity contribution in [3.05, 3.63) is 23.1 Å². The van der Waals surface area contributed by atoms with E-state index in [0.717, 1.165) is 0 Å². The summed E-state index contributed by atoms with van der Waals surface area (Å²) in [4.78, 5) is 15.0. The van der Waals surface area contributed by atoms with E-state index in [1.54, 1.807) is 18.0 Å². The Hall–Kier alpha value is -1.03. The zero-order chi connectivity index (χ0) is 8.55. The zero-order valence-corrected chi connectivity index (χ0v) is 7.12. The van der Waals surface area contributed by atoms with Crippen molar-refractivity contribution >= 4 is 23.9 Å². The summed E-state index contributed by atoms with van der Waals surface area (Å²) in [6.45, 7) is 0. The maximum absolute atomic E-state index is 10.8. The standard InChI is InChI=1S/C8H8N2OS/c9-7(11)6-3-5-1-2-12-8(5)10-4-6/h1-5,8H,(H2,9,11). The number of rotatable bonds is 1. The van der Waals surface area contributed by atoms with E-state index in [0.29, 0.717) is 5.57 Å². The highest BCUT2D eigenvalue weighted by Gasteiger charge is 2.24. The van der Waals surface area contributed by atoms with Gasteiger partial charge in [-0.1, -0.05) is 12.2 Å². The Morgan fingerprint density at radius 3 is 3.25 bits per heavy atom. The van der Waals surface area contributed by atoms with Gasteiger partial charge in [-0.25, -0.2) is 0 Å². The molecule has 62 valence electrons. The number of primary amides is 1. The van der Waals surface area contributed by atoms with Gasteiger partial charge in [0.2, 0.25) is 5.91 Å². The Morgan fingerprint density at radius 2 is 2.50 bits per heavy atom. The SMILES string of the molecule is NC(=O)C1=CC2C=CSC2N=C1. The first kappa shape index (κ1) is 7.61. The first-order valence-corrected chi connectivity index (χ1v) is 4.58. The van der Waals surface area contributed by atoms with Gasteiger partial charge in [-0.3, -0.25) is 9.79 Å². The summed E-state index contributed by atoms with van der Waals surface area (Å²) in [5, 5.41) is 2.24. The van der Waals surface area contributed by atoms with Crippen molar-refractivity contribution in [2.75, 3.05) is 0 Å². The fourth-order valence-corrected chi connectivity index (χ4v) is 2.14. The van der Waals surface area contributed by atoms with Gasteiger partial charge in [-0.2, -0.15) is 0 Å². The average molecular weight is 180 g/mol. The van der Waals surface area contributed by atoms with Crippen LogP contribution in [-0.2, 0) is 4.79 Å². The van der Waals surface area contributed by atoms with Crippen molar-refractivity contribution in [1.29, 1.82) is 0 Å². The third kappa shape index (κ3) is 1.18. The smallest absolute Gasteiger partial charge is 0.249 e. The molecule has 2 aliphatic rings. The van der Waals surface area contributed by atoms with E-state index in [2.05, 4.69) is 4.99 Å². The lowest BCUT2D eigenvalue weighted by molar-refractivity contribution is -0.114. The lowest BCUT2D eigenvalue weighted by atomic mass is 10.0. The van der Waals surface area contributed by atoms with Gasteiger partial charge in [0, 0.05) is 12.1 Å². The van der Waals surface area contributed by atoms with E-state index in [1.165, 1.54) is 0 Å². The largest absolute Gasteiger partial charge is 0.366 e. The van der Waals surface area contributed by atoms with E-state index in [4.69, 9.17) is 5.73 Å². The van der Waals surface area contributed by atoms with Gasteiger partial charge in [0.05, 0.1) is 5.57 Å². The first-order valence-electron chi connectivity index (χ1n) is 3.64. The molecular weight excluding hydrogens is 172 g/mol. The summed E-state index contributed by atoms with van der Waals surface area (Å²) < 4.78 is 0. The highest BCUT2D eigenvalue weighted by atomic mass is 32.2. The van der Waals surface area contributed by atoms with Crippen LogP contribution >= 0.6 is 11.8 Å². The van der Waals surface area contributed by atoms with Crippen molar-refractivity contribution in [2.24, 2.45) is 16.6 Å². The Labute approximate surface area is 74.4 Å². The number of hydrogen-bond acceptors (Lipinski definition) is 3. The molecule has 0 radical (unpaired) electrons. The maximum Gasteiger partial charge on any atom is 0.249 e. The molecule has 12 heavy (non-hydrogen) atoms. The fourth-order valence-electron chi connectivity index (χ4n) is 1.22. The molecule has 0 fully saturated rings. The zero-order valence-electron chi connectivity index (χ0n) is 6.31. The van der Waals surface area contributed by atoms with E-state index >= 15 is 0 Å². The van der Waals surface area contributed by atoms with Gasteiger partial charge in [0.25, 0.3) is 0 Å². The van der Waals surface area contributed by atoms with Crippen LogP contribution in [0.15, 0.2) is 28.1 Å². The van der Waals surface area contributed by atoms with Crippen LogP contribution in [0.4, 0.5) is 0 Å². The van der Waals surface area contributed by atoms with Gasteiger partial charge in [-0.15, -0.1) is 11.8 Å². The number of aliphatic imine (C=N–C) groups is 1. The molecule has 0 saturated carbocycles. The summed E-state index contributed by atoms with van der Waals surface area (Å²) >= 11 is 1.66. The molecule has 0 saturated heterocycles. The Morgan fingerprint density at radius 1 is 1.67 bits per heavy atom. The van der Waals surface area contributed by atoms with Crippen LogP contribution < -0.4 is 5.73 Å². The number of carbonyl (C=O) groups is 1. The number of fused-ring (bicyclic) bond motifs is 1. The van der Waals surface area contributed by atoms with Crippen LogP contribution in [0, 0.1) is 5.92 Å². The lowest BCUT2D eigenvalue weighted by Crippen LogP contribution is -2.21. The maximum atomic E-state index is 10.8. The topological polar surface area (TPSA) is 55.5 Å². The van der Waals surface area contributed by atoms with E-state index < -0.39 is 5.91 Å². The van der Waals surface area contributed by atoms with Crippen LogP contribution in [0.2, 0.25) is 0 Å². The number of hydrogen-bond donors (Lipinski definition) is 1. The normalized spacial score (nSPS) is 31.5. The minimum absolute atomic E-state index is 0.230.